The van der Waals surface area contributed by atoms with E-state index >= 15 is 0 Å². The Morgan fingerprint density at radius 3 is 2.38 bits per heavy atom. The number of fused-ring (bicyclic) bond motifs is 1. The molecule has 0 saturated heterocycles. The molecule has 1 aromatic heterocycles. The molecule has 0 spiro atoms. The third-order valence-electron chi connectivity index (χ3n) is 4.30. The van der Waals surface area contributed by atoms with Crippen molar-refractivity contribution in [1.29, 1.82) is 0 Å². The molecule has 122 valence electrons. The number of amides is 1. The van der Waals surface area contributed by atoms with E-state index in [1.165, 1.54) is 0 Å². The summed E-state index contributed by atoms with van der Waals surface area (Å²) in [4.78, 5) is 18.4. The maximum absolute atomic E-state index is 11.3. The van der Waals surface area contributed by atoms with Gasteiger partial charge in [-0.05, 0) is 38.1 Å². The maximum Gasteiger partial charge on any atom is 0.248 e. The van der Waals surface area contributed by atoms with Crippen LogP contribution in [0.4, 0.5) is 5.69 Å². The van der Waals surface area contributed by atoms with E-state index in [1.807, 2.05) is 30.3 Å². The Balaban J connectivity index is 2.20. The van der Waals surface area contributed by atoms with Crippen molar-refractivity contribution >= 4 is 22.5 Å². The quantitative estimate of drug-likeness (QED) is 0.794. The van der Waals surface area contributed by atoms with Crippen LogP contribution in [0.3, 0.4) is 0 Å². The molecule has 0 aliphatic rings. The lowest BCUT2D eigenvalue weighted by molar-refractivity contribution is 0.100. The van der Waals surface area contributed by atoms with Gasteiger partial charge in [-0.25, -0.2) is 4.98 Å². The summed E-state index contributed by atoms with van der Waals surface area (Å²) in [7, 11) is 2.07. The number of pyridine rings is 1. The first-order valence-electron chi connectivity index (χ1n) is 8.00. The number of benzene rings is 2. The zero-order valence-electron chi connectivity index (χ0n) is 14.2. The van der Waals surface area contributed by atoms with Crippen molar-refractivity contribution in [2.75, 3.05) is 11.9 Å². The van der Waals surface area contributed by atoms with Crippen molar-refractivity contribution in [1.82, 2.24) is 4.98 Å². The van der Waals surface area contributed by atoms with Crippen molar-refractivity contribution in [3.63, 3.8) is 0 Å². The summed E-state index contributed by atoms with van der Waals surface area (Å²) >= 11 is 0. The van der Waals surface area contributed by atoms with Crippen molar-refractivity contribution in [2.24, 2.45) is 5.73 Å². The molecule has 0 bridgehead atoms. The van der Waals surface area contributed by atoms with Crippen LogP contribution in [0.25, 0.3) is 22.2 Å². The van der Waals surface area contributed by atoms with Gasteiger partial charge in [0, 0.05) is 29.6 Å². The van der Waals surface area contributed by atoms with E-state index in [2.05, 4.69) is 37.9 Å². The maximum atomic E-state index is 11.3. The Bertz CT molecular complexity index is 885. The van der Waals surface area contributed by atoms with Gasteiger partial charge in [-0.2, -0.15) is 0 Å². The highest BCUT2D eigenvalue weighted by molar-refractivity contribution is 5.94. The molecule has 0 radical (unpaired) electrons. The lowest BCUT2D eigenvalue weighted by atomic mass is 10.0. The van der Waals surface area contributed by atoms with Gasteiger partial charge < -0.3 is 10.6 Å². The molecule has 0 aliphatic carbocycles. The SMILES string of the molecule is CC(C)N(C)c1cc2ccccc2nc1-c1ccc(C(N)=O)cc1. The van der Waals surface area contributed by atoms with Gasteiger partial charge in [0.25, 0.3) is 0 Å². The molecular weight excluding hydrogens is 298 g/mol. The van der Waals surface area contributed by atoms with Crippen LogP contribution in [-0.2, 0) is 0 Å². The van der Waals surface area contributed by atoms with Crippen LogP contribution in [0, 0.1) is 0 Å². The van der Waals surface area contributed by atoms with E-state index in [1.54, 1.807) is 12.1 Å². The lowest BCUT2D eigenvalue weighted by Gasteiger charge is -2.26. The third-order valence-corrected chi connectivity index (χ3v) is 4.30. The number of rotatable bonds is 4. The van der Waals surface area contributed by atoms with Crippen molar-refractivity contribution in [2.45, 2.75) is 19.9 Å². The number of nitrogens with two attached hydrogens (primary N) is 1. The molecule has 0 saturated carbocycles. The molecule has 1 amide bonds. The smallest absolute Gasteiger partial charge is 0.248 e. The predicted octanol–water partition coefficient (Wildman–Crippen LogP) is 3.85. The number of para-hydroxylation sites is 1. The number of carbonyl (C=O) groups is 1. The highest BCUT2D eigenvalue weighted by Crippen LogP contribution is 2.32. The molecule has 1 heterocycles. The zero-order chi connectivity index (χ0) is 17.3. The molecule has 4 nitrogen and oxygen atoms in total. The van der Waals surface area contributed by atoms with E-state index in [0.29, 0.717) is 11.6 Å². The lowest BCUT2D eigenvalue weighted by Crippen LogP contribution is -2.26. The summed E-state index contributed by atoms with van der Waals surface area (Å²) < 4.78 is 0. The van der Waals surface area contributed by atoms with Crippen LogP contribution in [0.1, 0.15) is 24.2 Å². The van der Waals surface area contributed by atoms with Crippen molar-refractivity contribution in [3.8, 4) is 11.3 Å². The van der Waals surface area contributed by atoms with Crippen molar-refractivity contribution < 1.29 is 4.79 Å². The number of hydrogen-bond donors (Lipinski definition) is 1. The fourth-order valence-electron chi connectivity index (χ4n) is 2.66. The van der Waals surface area contributed by atoms with Gasteiger partial charge in [0.1, 0.15) is 0 Å². The summed E-state index contributed by atoms with van der Waals surface area (Å²) in [6.45, 7) is 4.30. The Hall–Kier alpha value is -2.88. The second kappa shape index (κ2) is 6.32. The Kier molecular flexibility index (Phi) is 4.21. The van der Waals surface area contributed by atoms with E-state index < -0.39 is 5.91 Å². The monoisotopic (exact) mass is 319 g/mol. The highest BCUT2D eigenvalue weighted by atomic mass is 16.1. The molecule has 0 fully saturated rings. The van der Waals surface area contributed by atoms with Crippen LogP contribution in [0.5, 0.6) is 0 Å². The molecule has 0 unspecified atom stereocenters. The molecular formula is C20H21N3O. The van der Waals surface area contributed by atoms with Crippen LogP contribution in [0.15, 0.2) is 54.6 Å². The van der Waals surface area contributed by atoms with Gasteiger partial charge in [0.15, 0.2) is 0 Å². The molecule has 0 aliphatic heterocycles. The van der Waals surface area contributed by atoms with Crippen LogP contribution in [-0.4, -0.2) is 24.0 Å². The molecule has 3 aromatic rings. The number of nitrogens with zero attached hydrogens (tertiary/aromatic N) is 2. The van der Waals surface area contributed by atoms with E-state index in [-0.39, 0.29) is 0 Å². The normalized spacial score (nSPS) is 11.0. The minimum absolute atomic E-state index is 0.344. The average Bonchev–Trinajstić information content (AvgIpc) is 2.60. The largest absolute Gasteiger partial charge is 0.370 e. The van der Waals surface area contributed by atoms with Gasteiger partial charge in [0.05, 0.1) is 16.9 Å². The van der Waals surface area contributed by atoms with Gasteiger partial charge in [-0.3, -0.25) is 4.79 Å². The number of hydrogen-bond acceptors (Lipinski definition) is 3. The molecule has 2 N–H and O–H groups in total. The second-order valence-electron chi connectivity index (χ2n) is 6.20. The first-order valence-corrected chi connectivity index (χ1v) is 8.00. The van der Waals surface area contributed by atoms with Gasteiger partial charge in [0.2, 0.25) is 5.91 Å². The minimum Gasteiger partial charge on any atom is -0.370 e. The zero-order valence-corrected chi connectivity index (χ0v) is 14.2. The summed E-state index contributed by atoms with van der Waals surface area (Å²) in [5.74, 6) is -0.424. The Morgan fingerprint density at radius 2 is 1.75 bits per heavy atom. The standard InChI is InChI=1S/C20H21N3O/c1-13(2)23(3)18-12-16-6-4-5-7-17(16)22-19(18)14-8-10-15(11-9-14)20(21)24/h4-13H,1-3H3,(H2,21,24). The molecule has 2 aromatic carbocycles. The van der Waals surface area contributed by atoms with Crippen LogP contribution >= 0.6 is 0 Å². The number of anilines is 1. The fourth-order valence-corrected chi connectivity index (χ4v) is 2.66. The molecule has 0 atom stereocenters. The number of carbonyl (C=O) groups excluding carboxylic acids is 1. The summed E-state index contributed by atoms with van der Waals surface area (Å²) in [6, 6.07) is 17.9. The predicted molar refractivity (Wildman–Crippen MR) is 99.2 cm³/mol. The van der Waals surface area contributed by atoms with Gasteiger partial charge in [-0.15, -0.1) is 0 Å². The molecule has 4 heteroatoms. The first-order chi connectivity index (χ1) is 11.5. The fraction of sp³-hybridized carbons (Fsp3) is 0.200. The van der Waals surface area contributed by atoms with Crippen LogP contribution < -0.4 is 10.6 Å². The van der Waals surface area contributed by atoms with E-state index in [9.17, 15) is 4.79 Å². The Labute approximate surface area is 141 Å². The van der Waals surface area contributed by atoms with E-state index in [0.717, 1.165) is 27.8 Å². The number of primary amides is 1. The molecule has 3 rings (SSSR count). The van der Waals surface area contributed by atoms with Crippen LogP contribution in [0.2, 0.25) is 0 Å². The second-order valence-corrected chi connectivity index (χ2v) is 6.20. The highest BCUT2D eigenvalue weighted by Gasteiger charge is 2.15. The summed E-state index contributed by atoms with van der Waals surface area (Å²) in [5, 5.41) is 1.11. The van der Waals surface area contributed by atoms with Crippen molar-refractivity contribution in [3.05, 3.63) is 60.2 Å². The molecule has 24 heavy (non-hydrogen) atoms. The van der Waals surface area contributed by atoms with Gasteiger partial charge in [-0.1, -0.05) is 30.3 Å². The Morgan fingerprint density at radius 1 is 1.08 bits per heavy atom. The summed E-state index contributed by atoms with van der Waals surface area (Å²) in [6.07, 6.45) is 0. The minimum atomic E-state index is -0.424. The summed E-state index contributed by atoms with van der Waals surface area (Å²) in [5.41, 5.74) is 9.72. The van der Waals surface area contributed by atoms with Gasteiger partial charge >= 0.3 is 0 Å². The van der Waals surface area contributed by atoms with E-state index in [4.69, 9.17) is 10.7 Å². The number of aromatic nitrogens is 1. The first kappa shape index (κ1) is 16.0. The average molecular weight is 319 g/mol. The third kappa shape index (κ3) is 2.95. The topological polar surface area (TPSA) is 59.2 Å².